The van der Waals surface area contributed by atoms with E-state index in [1.165, 1.54) is 6.26 Å². The van der Waals surface area contributed by atoms with E-state index in [9.17, 15) is 8.42 Å². The molecule has 0 aliphatic carbocycles. The summed E-state index contributed by atoms with van der Waals surface area (Å²) in [5.74, 6) is 2.06. The van der Waals surface area contributed by atoms with Crippen molar-refractivity contribution in [1.82, 2.24) is 15.3 Å². The van der Waals surface area contributed by atoms with Crippen molar-refractivity contribution in [2.24, 2.45) is 0 Å². The Morgan fingerprint density at radius 1 is 1.19 bits per heavy atom. The molecule has 0 spiro atoms. The van der Waals surface area contributed by atoms with Crippen molar-refractivity contribution < 1.29 is 13.2 Å². The smallest absolute Gasteiger partial charge is 0.219 e. The lowest BCUT2D eigenvalue weighted by atomic mass is 10.1. The van der Waals surface area contributed by atoms with Gasteiger partial charge in [0.15, 0.2) is 9.84 Å². The molecule has 0 bridgehead atoms. The monoisotopic (exact) mass is 388 g/mol. The molecule has 0 saturated carbocycles. The van der Waals surface area contributed by atoms with E-state index < -0.39 is 9.84 Å². The zero-order chi connectivity index (χ0) is 19.0. The molecule has 1 N–H and O–H groups in total. The summed E-state index contributed by atoms with van der Waals surface area (Å²) in [6, 6.07) is 7.18. The van der Waals surface area contributed by atoms with Crippen LogP contribution >= 0.6 is 0 Å². The maximum Gasteiger partial charge on any atom is 0.219 e. The Morgan fingerprint density at radius 3 is 2.70 bits per heavy atom. The zero-order valence-corrected chi connectivity index (χ0v) is 16.4. The fourth-order valence-corrected chi connectivity index (χ4v) is 4.33. The van der Waals surface area contributed by atoms with Gasteiger partial charge in [-0.1, -0.05) is 0 Å². The summed E-state index contributed by atoms with van der Waals surface area (Å²) < 4.78 is 29.7. The Kier molecular flexibility index (Phi) is 4.77. The third-order valence-corrected chi connectivity index (χ3v) is 6.14. The van der Waals surface area contributed by atoms with Crippen molar-refractivity contribution in [1.29, 1.82) is 0 Å². The van der Waals surface area contributed by atoms with E-state index in [2.05, 4.69) is 20.2 Å². The largest absolute Gasteiger partial charge is 0.474 e. The number of rotatable bonds is 4. The van der Waals surface area contributed by atoms with E-state index in [0.717, 1.165) is 56.0 Å². The van der Waals surface area contributed by atoms with Crippen LogP contribution in [0.5, 0.6) is 5.88 Å². The molecule has 1 aromatic carbocycles. The first-order chi connectivity index (χ1) is 12.9. The number of anilines is 2. The van der Waals surface area contributed by atoms with Gasteiger partial charge in [-0.2, -0.15) is 4.98 Å². The van der Waals surface area contributed by atoms with Crippen LogP contribution in [0.3, 0.4) is 0 Å². The summed E-state index contributed by atoms with van der Waals surface area (Å²) in [5.41, 5.74) is 2.02. The summed E-state index contributed by atoms with van der Waals surface area (Å²) in [7, 11) is -3.21. The molecule has 1 saturated heterocycles. The van der Waals surface area contributed by atoms with Gasteiger partial charge < -0.3 is 15.0 Å². The minimum Gasteiger partial charge on any atom is -0.474 e. The molecule has 0 unspecified atom stereocenters. The minimum absolute atomic E-state index is 0.177. The minimum atomic E-state index is -3.21. The molecule has 0 atom stereocenters. The van der Waals surface area contributed by atoms with E-state index in [4.69, 9.17) is 4.74 Å². The van der Waals surface area contributed by atoms with Gasteiger partial charge in [0.05, 0.1) is 4.90 Å². The maximum absolute atomic E-state index is 11.8. The maximum atomic E-state index is 11.8. The third-order valence-electron chi connectivity index (χ3n) is 5.03. The molecular weight excluding hydrogens is 364 g/mol. The van der Waals surface area contributed by atoms with Gasteiger partial charge in [0.25, 0.3) is 0 Å². The molecule has 2 aliphatic rings. The first kappa shape index (κ1) is 18.2. The van der Waals surface area contributed by atoms with Gasteiger partial charge in [0.1, 0.15) is 17.7 Å². The number of piperidine rings is 1. The summed E-state index contributed by atoms with van der Waals surface area (Å²) in [4.78, 5) is 11.5. The highest BCUT2D eigenvalue weighted by Crippen LogP contribution is 2.36. The van der Waals surface area contributed by atoms with Crippen LogP contribution in [0, 0.1) is 6.92 Å². The van der Waals surface area contributed by atoms with Gasteiger partial charge in [0, 0.05) is 24.6 Å². The Bertz CT molecular complexity index is 955. The number of fused-ring (bicyclic) bond motifs is 1. The number of benzene rings is 1. The first-order valence-corrected chi connectivity index (χ1v) is 11.1. The molecule has 7 nitrogen and oxygen atoms in total. The average molecular weight is 388 g/mol. The topological polar surface area (TPSA) is 84.4 Å². The molecule has 27 heavy (non-hydrogen) atoms. The van der Waals surface area contributed by atoms with Gasteiger partial charge in [-0.05, 0) is 63.0 Å². The van der Waals surface area contributed by atoms with Crippen LogP contribution in [0.1, 0.15) is 24.2 Å². The molecule has 2 aromatic rings. The van der Waals surface area contributed by atoms with Crippen LogP contribution in [0.4, 0.5) is 11.5 Å². The van der Waals surface area contributed by atoms with Crippen molar-refractivity contribution in [3.05, 3.63) is 35.7 Å². The SMILES string of the molecule is Cc1nc(OC2CCNCC2)cc(N2CCc3cc(S(C)(=O)=O)ccc32)n1. The molecule has 1 fully saturated rings. The lowest BCUT2D eigenvalue weighted by Gasteiger charge is -2.24. The van der Waals surface area contributed by atoms with Crippen molar-refractivity contribution >= 4 is 21.3 Å². The highest BCUT2D eigenvalue weighted by atomic mass is 32.2. The summed E-state index contributed by atoms with van der Waals surface area (Å²) in [6.07, 6.45) is 4.14. The van der Waals surface area contributed by atoms with Gasteiger partial charge in [-0.15, -0.1) is 0 Å². The Labute approximate surface area is 159 Å². The van der Waals surface area contributed by atoms with Gasteiger partial charge >= 0.3 is 0 Å². The average Bonchev–Trinajstić information content (AvgIpc) is 3.04. The molecule has 2 aliphatic heterocycles. The van der Waals surface area contributed by atoms with E-state index in [1.807, 2.05) is 19.1 Å². The van der Waals surface area contributed by atoms with Gasteiger partial charge in [-0.25, -0.2) is 13.4 Å². The van der Waals surface area contributed by atoms with E-state index in [-0.39, 0.29) is 6.10 Å². The fraction of sp³-hybridized carbons (Fsp3) is 0.474. The molecule has 144 valence electrons. The Morgan fingerprint density at radius 2 is 1.96 bits per heavy atom. The molecule has 0 amide bonds. The lowest BCUT2D eigenvalue weighted by Crippen LogP contribution is -2.34. The predicted molar refractivity (Wildman–Crippen MR) is 104 cm³/mol. The summed E-state index contributed by atoms with van der Waals surface area (Å²) in [5, 5.41) is 3.33. The standard InChI is InChI=1S/C19H24N4O3S/c1-13-21-18(12-19(22-13)26-15-5-8-20-9-6-15)23-10-7-14-11-16(27(2,24)25)3-4-17(14)23/h3-4,11-12,15,20H,5-10H2,1-2H3. The van der Waals surface area contributed by atoms with Crippen molar-refractivity contribution in [3.8, 4) is 5.88 Å². The molecular formula is C19H24N4O3S. The van der Waals surface area contributed by atoms with Crippen molar-refractivity contribution in [3.63, 3.8) is 0 Å². The second-order valence-corrected chi connectivity index (χ2v) is 9.16. The number of aromatic nitrogens is 2. The Hall–Kier alpha value is -2.19. The number of hydrogen-bond donors (Lipinski definition) is 1. The second kappa shape index (κ2) is 7.09. The normalized spacial score (nSPS) is 17.8. The third kappa shape index (κ3) is 3.91. The number of nitrogens with zero attached hydrogens (tertiary/aromatic N) is 3. The molecule has 1 aromatic heterocycles. The summed E-state index contributed by atoms with van der Waals surface area (Å²) in [6.45, 7) is 4.54. The highest BCUT2D eigenvalue weighted by molar-refractivity contribution is 7.90. The predicted octanol–water partition coefficient (Wildman–Crippen LogP) is 2.01. The lowest BCUT2D eigenvalue weighted by molar-refractivity contribution is 0.155. The zero-order valence-electron chi connectivity index (χ0n) is 15.6. The molecule has 0 radical (unpaired) electrons. The van der Waals surface area contributed by atoms with E-state index in [1.54, 1.807) is 12.1 Å². The molecule has 8 heteroatoms. The fourth-order valence-electron chi connectivity index (χ4n) is 3.65. The van der Waals surface area contributed by atoms with Crippen LogP contribution < -0.4 is 15.0 Å². The Balaban J connectivity index is 1.61. The van der Waals surface area contributed by atoms with Crippen LogP contribution in [0.15, 0.2) is 29.2 Å². The van der Waals surface area contributed by atoms with E-state index >= 15 is 0 Å². The number of aryl methyl sites for hydroxylation is 1. The molecule has 4 rings (SSSR count). The first-order valence-electron chi connectivity index (χ1n) is 9.24. The summed E-state index contributed by atoms with van der Waals surface area (Å²) >= 11 is 0. The van der Waals surface area contributed by atoms with Crippen LogP contribution in [0.25, 0.3) is 0 Å². The number of ether oxygens (including phenoxy) is 1. The van der Waals surface area contributed by atoms with Crippen LogP contribution in [-0.4, -0.2) is 50.4 Å². The quantitative estimate of drug-likeness (QED) is 0.858. The van der Waals surface area contributed by atoms with Crippen LogP contribution in [-0.2, 0) is 16.3 Å². The second-order valence-electron chi connectivity index (χ2n) is 7.14. The molecule has 3 heterocycles. The van der Waals surface area contributed by atoms with Gasteiger partial charge in [-0.3, -0.25) is 0 Å². The van der Waals surface area contributed by atoms with E-state index in [0.29, 0.717) is 16.6 Å². The highest BCUT2D eigenvalue weighted by Gasteiger charge is 2.24. The number of nitrogens with one attached hydrogen (secondary N) is 1. The van der Waals surface area contributed by atoms with Crippen molar-refractivity contribution in [2.45, 2.75) is 37.2 Å². The van der Waals surface area contributed by atoms with Crippen LogP contribution in [0.2, 0.25) is 0 Å². The van der Waals surface area contributed by atoms with Gasteiger partial charge in [0.2, 0.25) is 5.88 Å². The van der Waals surface area contributed by atoms with Crippen molar-refractivity contribution in [2.75, 3.05) is 30.8 Å². The number of hydrogen-bond acceptors (Lipinski definition) is 7. The number of sulfone groups is 1.